The second-order valence-corrected chi connectivity index (χ2v) is 9.93. The maximum atomic E-state index is 12.6. The zero-order valence-corrected chi connectivity index (χ0v) is 24.2. The lowest BCUT2D eigenvalue weighted by Crippen LogP contribution is -2.51. The monoisotopic (exact) mass is 553 g/mol. The molecule has 0 bridgehead atoms. The average Bonchev–Trinajstić information content (AvgIpc) is 2.88. The molecule has 11 heteroatoms. The van der Waals surface area contributed by atoms with E-state index in [1.165, 1.54) is 19.2 Å². The first-order chi connectivity index (χ1) is 18.3. The molecule has 1 rings (SSSR count). The summed E-state index contributed by atoms with van der Waals surface area (Å²) in [4.78, 5) is 49.4. The minimum Gasteiger partial charge on any atom is -0.468 e. The summed E-state index contributed by atoms with van der Waals surface area (Å²) in [6.07, 6.45) is -1.71. The second-order valence-electron chi connectivity index (χ2n) is 9.93. The predicted molar refractivity (Wildman–Crippen MR) is 142 cm³/mol. The summed E-state index contributed by atoms with van der Waals surface area (Å²) in [5.41, 5.74) is 5.32. The van der Waals surface area contributed by atoms with Crippen LogP contribution in [0.1, 0.15) is 73.3 Å². The molecule has 0 saturated carbocycles. The Morgan fingerprint density at radius 2 is 1.41 bits per heavy atom. The number of ether oxygens (including phenoxy) is 6. The Balaban J connectivity index is 3.20. The van der Waals surface area contributed by atoms with Crippen LogP contribution in [-0.4, -0.2) is 55.7 Å². The van der Waals surface area contributed by atoms with Crippen molar-refractivity contribution in [2.75, 3.05) is 13.7 Å². The smallest absolute Gasteiger partial charge is 0.468 e. The molecule has 3 unspecified atom stereocenters. The van der Waals surface area contributed by atoms with Crippen LogP contribution in [0.25, 0.3) is 0 Å². The van der Waals surface area contributed by atoms with Gasteiger partial charge in [-0.05, 0) is 50.3 Å². The number of carbonyl (C=O) groups is 4. The van der Waals surface area contributed by atoms with Crippen LogP contribution in [0.4, 0.5) is 9.59 Å². The number of rotatable bonds is 14. The third kappa shape index (κ3) is 11.1. The van der Waals surface area contributed by atoms with E-state index in [0.717, 1.165) is 0 Å². The van der Waals surface area contributed by atoms with Gasteiger partial charge in [0, 0.05) is 12.8 Å². The number of benzene rings is 1. The lowest BCUT2D eigenvalue weighted by molar-refractivity contribution is -0.153. The van der Waals surface area contributed by atoms with Crippen molar-refractivity contribution in [3.8, 4) is 11.5 Å². The summed E-state index contributed by atoms with van der Waals surface area (Å²) in [6.45, 7) is 12.6. The summed E-state index contributed by atoms with van der Waals surface area (Å²) in [5, 5.41) is 0. The Morgan fingerprint density at radius 3 is 1.90 bits per heavy atom. The first-order valence-electron chi connectivity index (χ1n) is 13.2. The van der Waals surface area contributed by atoms with E-state index < -0.39 is 35.9 Å². The Hall–Kier alpha value is -3.34. The van der Waals surface area contributed by atoms with Gasteiger partial charge in [-0.2, -0.15) is 0 Å². The van der Waals surface area contributed by atoms with Gasteiger partial charge in [0.05, 0.1) is 19.6 Å². The SMILES string of the molecule is CCC(C)OC(=O)Oc1ccc(CC(N)(CCOC(=O)[C@@H](C)C(C)C)C(=O)OC)cc1OC(=O)OC(C)CC. The number of carbonyl (C=O) groups excluding carboxylic acids is 4. The molecule has 0 amide bonds. The predicted octanol–water partition coefficient (Wildman–Crippen LogP) is 4.95. The molecule has 0 radical (unpaired) electrons. The Morgan fingerprint density at radius 1 is 0.872 bits per heavy atom. The number of hydrogen-bond acceptors (Lipinski definition) is 11. The minimum atomic E-state index is -1.57. The molecule has 4 atom stereocenters. The fraction of sp³-hybridized carbons (Fsp3) is 0.643. The molecule has 0 aromatic heterocycles. The Bertz CT molecular complexity index is 979. The van der Waals surface area contributed by atoms with Gasteiger partial charge in [-0.3, -0.25) is 9.59 Å². The van der Waals surface area contributed by atoms with E-state index in [4.69, 9.17) is 34.2 Å². The van der Waals surface area contributed by atoms with E-state index >= 15 is 0 Å². The first-order valence-corrected chi connectivity index (χ1v) is 13.2. The molecule has 11 nitrogen and oxygen atoms in total. The van der Waals surface area contributed by atoms with Gasteiger partial charge >= 0.3 is 24.2 Å². The fourth-order valence-corrected chi connectivity index (χ4v) is 3.12. The van der Waals surface area contributed by atoms with Gasteiger partial charge in [-0.25, -0.2) is 9.59 Å². The van der Waals surface area contributed by atoms with E-state index in [9.17, 15) is 19.2 Å². The maximum Gasteiger partial charge on any atom is 0.514 e. The molecular formula is C28H43NO10. The molecule has 0 spiro atoms. The molecule has 0 heterocycles. The quantitative estimate of drug-likeness (QED) is 0.189. The van der Waals surface area contributed by atoms with Crippen molar-refractivity contribution < 1.29 is 47.6 Å². The Labute approximate surface area is 230 Å². The first kappa shape index (κ1) is 33.7. The standard InChI is InChI=1S/C28H43NO10/c1-9-18(5)36-26(32)38-22-12-11-21(15-23(22)39-27(33)37-19(6)10-2)16-28(29,25(31)34-8)13-14-35-24(30)20(7)17(3)4/h11-12,15,17-20H,9-10,13-14,16,29H2,1-8H3/t18?,19?,20-,28?/m0/s1. The molecule has 220 valence electrons. The second kappa shape index (κ2) is 15.9. The topological polar surface area (TPSA) is 150 Å². The van der Waals surface area contributed by atoms with E-state index in [2.05, 4.69) is 0 Å². The molecule has 2 N–H and O–H groups in total. The third-order valence-electron chi connectivity index (χ3n) is 6.42. The molecule has 0 aliphatic carbocycles. The van der Waals surface area contributed by atoms with E-state index in [1.807, 2.05) is 27.7 Å². The Kier molecular flexibility index (Phi) is 13.8. The lowest BCUT2D eigenvalue weighted by Gasteiger charge is -2.27. The number of hydrogen-bond donors (Lipinski definition) is 1. The van der Waals surface area contributed by atoms with Crippen LogP contribution in [0.3, 0.4) is 0 Å². The number of esters is 2. The molecule has 39 heavy (non-hydrogen) atoms. The number of methoxy groups -OCH3 is 1. The number of nitrogens with two attached hydrogens (primary N) is 1. The van der Waals surface area contributed by atoms with Crippen LogP contribution in [0, 0.1) is 11.8 Å². The van der Waals surface area contributed by atoms with Gasteiger partial charge in [-0.1, -0.05) is 40.7 Å². The largest absolute Gasteiger partial charge is 0.514 e. The highest BCUT2D eigenvalue weighted by Crippen LogP contribution is 2.31. The van der Waals surface area contributed by atoms with Crippen molar-refractivity contribution in [3.63, 3.8) is 0 Å². The van der Waals surface area contributed by atoms with Crippen LogP contribution in [0.15, 0.2) is 18.2 Å². The van der Waals surface area contributed by atoms with Gasteiger partial charge < -0.3 is 34.2 Å². The maximum absolute atomic E-state index is 12.6. The summed E-state index contributed by atoms with van der Waals surface area (Å²) < 4.78 is 31.2. The highest BCUT2D eigenvalue weighted by Gasteiger charge is 2.36. The van der Waals surface area contributed by atoms with E-state index in [0.29, 0.717) is 18.4 Å². The fourth-order valence-electron chi connectivity index (χ4n) is 3.12. The van der Waals surface area contributed by atoms with Crippen molar-refractivity contribution in [1.29, 1.82) is 0 Å². The van der Waals surface area contributed by atoms with Crippen molar-refractivity contribution in [2.45, 2.75) is 91.9 Å². The van der Waals surface area contributed by atoms with Crippen LogP contribution < -0.4 is 15.2 Å². The minimum absolute atomic E-state index is 0.0258. The molecule has 0 aliphatic heterocycles. The van der Waals surface area contributed by atoms with E-state index in [-0.39, 0.29) is 48.9 Å². The molecule has 0 saturated heterocycles. The third-order valence-corrected chi connectivity index (χ3v) is 6.42. The summed E-state index contributed by atoms with van der Waals surface area (Å²) in [6, 6.07) is 4.35. The average molecular weight is 554 g/mol. The van der Waals surface area contributed by atoms with E-state index in [1.54, 1.807) is 26.8 Å². The molecule has 1 aromatic carbocycles. The summed E-state index contributed by atoms with van der Waals surface area (Å²) in [5.74, 6) is -1.55. The van der Waals surface area contributed by atoms with Gasteiger partial charge in [-0.15, -0.1) is 0 Å². The van der Waals surface area contributed by atoms with Gasteiger partial charge in [0.25, 0.3) is 0 Å². The normalized spacial score (nSPS) is 14.8. The van der Waals surface area contributed by atoms with Crippen molar-refractivity contribution >= 4 is 24.2 Å². The molecular weight excluding hydrogens is 510 g/mol. The van der Waals surface area contributed by atoms with Crippen molar-refractivity contribution in [3.05, 3.63) is 23.8 Å². The van der Waals surface area contributed by atoms with Crippen LogP contribution >= 0.6 is 0 Å². The summed E-state index contributed by atoms with van der Waals surface area (Å²) >= 11 is 0. The lowest BCUT2D eigenvalue weighted by atomic mass is 9.88. The van der Waals surface area contributed by atoms with Crippen LogP contribution in [-0.2, 0) is 35.0 Å². The van der Waals surface area contributed by atoms with Crippen LogP contribution in [0.2, 0.25) is 0 Å². The van der Waals surface area contributed by atoms with Crippen molar-refractivity contribution in [1.82, 2.24) is 0 Å². The molecule has 0 aliphatic rings. The zero-order valence-electron chi connectivity index (χ0n) is 24.2. The summed E-state index contributed by atoms with van der Waals surface area (Å²) in [7, 11) is 1.20. The van der Waals surface area contributed by atoms with Gasteiger partial charge in [0.15, 0.2) is 11.5 Å². The molecule has 1 aromatic rings. The van der Waals surface area contributed by atoms with Crippen LogP contribution in [0.5, 0.6) is 11.5 Å². The van der Waals surface area contributed by atoms with Gasteiger partial charge in [0.1, 0.15) is 17.7 Å². The van der Waals surface area contributed by atoms with Gasteiger partial charge in [0.2, 0.25) is 0 Å². The zero-order chi connectivity index (χ0) is 29.8. The van der Waals surface area contributed by atoms with Crippen molar-refractivity contribution in [2.24, 2.45) is 17.6 Å². The highest BCUT2D eigenvalue weighted by molar-refractivity contribution is 5.81. The molecule has 0 fully saturated rings. The highest BCUT2D eigenvalue weighted by atomic mass is 16.7.